The Labute approximate surface area is 169 Å². The van der Waals surface area contributed by atoms with Crippen molar-refractivity contribution in [1.29, 1.82) is 0 Å². The Hall–Kier alpha value is -2.86. The Morgan fingerprint density at radius 1 is 1.07 bits per heavy atom. The molecule has 0 fully saturated rings. The highest BCUT2D eigenvalue weighted by atomic mass is 79.9. The Morgan fingerprint density at radius 3 is 2.25 bits per heavy atom. The van der Waals surface area contributed by atoms with Crippen molar-refractivity contribution in [1.82, 2.24) is 15.4 Å². The van der Waals surface area contributed by atoms with Crippen LogP contribution in [0.25, 0.3) is 0 Å². The highest BCUT2D eigenvalue weighted by molar-refractivity contribution is 9.10. The van der Waals surface area contributed by atoms with Crippen LogP contribution in [0.5, 0.6) is 0 Å². The van der Waals surface area contributed by atoms with Crippen molar-refractivity contribution in [3.63, 3.8) is 0 Å². The lowest BCUT2D eigenvalue weighted by atomic mass is 10.1. The van der Waals surface area contributed by atoms with E-state index in [1.165, 1.54) is 25.1 Å². The fourth-order valence-electron chi connectivity index (χ4n) is 2.30. The average Bonchev–Trinajstić information content (AvgIpc) is 2.90. The number of sulfonamides is 1. The van der Waals surface area contributed by atoms with Gasteiger partial charge < -0.3 is 9.88 Å². The van der Waals surface area contributed by atoms with Crippen LogP contribution in [0.1, 0.15) is 27.8 Å². The fraction of sp³-hybridized carbons (Fsp3) is 0.188. The first kappa shape index (κ1) is 21.4. The first-order chi connectivity index (χ1) is 13.0. The number of carbonyl (C=O) groups is 3. The molecule has 0 saturated heterocycles. The van der Waals surface area contributed by atoms with Crippen LogP contribution in [0.2, 0.25) is 0 Å². The number of nitrogens with zero attached hydrogens (tertiary/aromatic N) is 1. The lowest BCUT2D eigenvalue weighted by Gasteiger charge is -2.14. The molecule has 0 radical (unpaired) electrons. The van der Waals surface area contributed by atoms with Crippen molar-refractivity contribution in [3.8, 4) is 0 Å². The molecule has 0 aliphatic carbocycles. The molecule has 1 heterocycles. The Morgan fingerprint density at radius 2 is 1.71 bits per heavy atom. The number of benzene rings is 1. The van der Waals surface area contributed by atoms with Crippen LogP contribution in [0.15, 0.2) is 34.9 Å². The number of aromatic nitrogens is 1. The molecule has 28 heavy (non-hydrogen) atoms. The van der Waals surface area contributed by atoms with Crippen molar-refractivity contribution in [3.05, 3.63) is 46.2 Å². The molecule has 0 atom stereocenters. The molecule has 0 unspecified atom stereocenters. The first-order valence-electron chi connectivity index (χ1n) is 7.78. The average molecular weight is 472 g/mol. The molecule has 4 N–H and O–H groups in total. The SMILES string of the molecule is CC(=O)Nc1ccc(NS(C)(=O)=O)c(C(=O)NNC(=O)c2cc(Br)cn2C)c1. The number of anilines is 2. The monoisotopic (exact) mass is 471 g/mol. The number of halogens is 1. The summed E-state index contributed by atoms with van der Waals surface area (Å²) in [5.41, 5.74) is 4.95. The molecule has 0 spiro atoms. The van der Waals surface area contributed by atoms with Crippen molar-refractivity contribution >= 4 is 55.0 Å². The molecule has 0 aliphatic heterocycles. The Bertz CT molecular complexity index is 1050. The van der Waals surface area contributed by atoms with Gasteiger partial charge in [-0.2, -0.15) is 0 Å². The standard InChI is InChI=1S/C16H18BrN5O5S/c1-9(23)18-11-4-5-13(21-28(3,26)27)12(7-11)15(24)19-20-16(25)14-6-10(17)8-22(14)2/h4-8,21H,1-3H3,(H,18,23)(H,19,24)(H,20,25). The van der Waals surface area contributed by atoms with Gasteiger partial charge in [-0.1, -0.05) is 0 Å². The van der Waals surface area contributed by atoms with Gasteiger partial charge in [-0.05, 0) is 40.2 Å². The van der Waals surface area contributed by atoms with E-state index in [-0.39, 0.29) is 28.5 Å². The molecule has 0 saturated carbocycles. The second kappa shape index (κ2) is 8.44. The van der Waals surface area contributed by atoms with Crippen LogP contribution in [-0.2, 0) is 21.9 Å². The van der Waals surface area contributed by atoms with E-state index in [9.17, 15) is 22.8 Å². The van der Waals surface area contributed by atoms with E-state index in [1.807, 2.05) is 0 Å². The van der Waals surface area contributed by atoms with E-state index < -0.39 is 21.8 Å². The number of nitrogens with one attached hydrogen (secondary N) is 4. The third-order valence-corrected chi connectivity index (χ3v) is 4.40. The van der Waals surface area contributed by atoms with Gasteiger partial charge in [-0.25, -0.2) is 8.42 Å². The van der Waals surface area contributed by atoms with Crippen molar-refractivity contribution in [2.24, 2.45) is 7.05 Å². The van der Waals surface area contributed by atoms with Crippen LogP contribution < -0.4 is 20.9 Å². The molecule has 1 aromatic heterocycles. The minimum absolute atomic E-state index is 0.00929. The van der Waals surface area contributed by atoms with Crippen molar-refractivity contribution in [2.75, 3.05) is 16.3 Å². The summed E-state index contributed by atoms with van der Waals surface area (Å²) in [7, 11) is -2.00. The number of rotatable bonds is 5. The van der Waals surface area contributed by atoms with Crippen LogP contribution in [-0.4, -0.2) is 37.0 Å². The second-order valence-electron chi connectivity index (χ2n) is 5.88. The summed E-state index contributed by atoms with van der Waals surface area (Å²) in [6, 6.07) is 5.62. The summed E-state index contributed by atoms with van der Waals surface area (Å²) in [4.78, 5) is 36.0. The van der Waals surface area contributed by atoms with Gasteiger partial charge in [0.2, 0.25) is 15.9 Å². The van der Waals surface area contributed by atoms with Gasteiger partial charge in [-0.15, -0.1) is 0 Å². The normalized spacial score (nSPS) is 10.9. The third kappa shape index (κ3) is 5.82. The van der Waals surface area contributed by atoms with Crippen LogP contribution >= 0.6 is 15.9 Å². The van der Waals surface area contributed by atoms with E-state index in [4.69, 9.17) is 0 Å². The van der Waals surface area contributed by atoms with E-state index in [2.05, 4.69) is 36.8 Å². The van der Waals surface area contributed by atoms with Crippen molar-refractivity contribution < 1.29 is 22.8 Å². The zero-order valence-electron chi connectivity index (χ0n) is 15.2. The van der Waals surface area contributed by atoms with Crippen LogP contribution in [0, 0.1) is 0 Å². The van der Waals surface area contributed by atoms with Gasteiger partial charge in [0.25, 0.3) is 11.8 Å². The smallest absolute Gasteiger partial charge is 0.286 e. The van der Waals surface area contributed by atoms with Gasteiger partial charge in [0.15, 0.2) is 0 Å². The molecule has 1 aromatic carbocycles. The maximum Gasteiger partial charge on any atom is 0.286 e. The molecule has 10 nitrogen and oxygen atoms in total. The molecule has 0 bridgehead atoms. The Kier molecular flexibility index (Phi) is 6.46. The fourth-order valence-corrected chi connectivity index (χ4v) is 3.40. The highest BCUT2D eigenvalue weighted by Gasteiger charge is 2.17. The van der Waals surface area contributed by atoms with E-state index >= 15 is 0 Å². The predicted octanol–water partition coefficient (Wildman–Crippen LogP) is 1.19. The van der Waals surface area contributed by atoms with E-state index in [0.29, 0.717) is 4.47 Å². The van der Waals surface area contributed by atoms with E-state index in [0.717, 1.165) is 6.26 Å². The zero-order chi connectivity index (χ0) is 21.1. The minimum atomic E-state index is -3.66. The summed E-state index contributed by atoms with van der Waals surface area (Å²) in [5.74, 6) is -1.71. The number of hydrogen-bond donors (Lipinski definition) is 4. The lowest BCUT2D eigenvalue weighted by Crippen LogP contribution is -2.42. The van der Waals surface area contributed by atoms with Crippen LogP contribution in [0.3, 0.4) is 0 Å². The molecule has 12 heteroatoms. The largest absolute Gasteiger partial charge is 0.345 e. The summed E-state index contributed by atoms with van der Waals surface area (Å²) in [6.07, 6.45) is 2.60. The van der Waals surface area contributed by atoms with E-state index in [1.54, 1.807) is 23.9 Å². The van der Waals surface area contributed by atoms with Crippen molar-refractivity contribution in [2.45, 2.75) is 6.92 Å². The summed E-state index contributed by atoms with van der Waals surface area (Å²) in [6.45, 7) is 1.29. The predicted molar refractivity (Wildman–Crippen MR) is 107 cm³/mol. The maximum atomic E-state index is 12.5. The molecule has 2 rings (SSSR count). The first-order valence-corrected chi connectivity index (χ1v) is 10.5. The second-order valence-corrected chi connectivity index (χ2v) is 8.54. The zero-order valence-corrected chi connectivity index (χ0v) is 17.6. The third-order valence-electron chi connectivity index (χ3n) is 3.37. The summed E-state index contributed by atoms with van der Waals surface area (Å²) < 4.78 is 27.5. The Balaban J connectivity index is 2.24. The number of hydrazine groups is 1. The minimum Gasteiger partial charge on any atom is -0.345 e. The molecular formula is C16H18BrN5O5S. The molecule has 3 amide bonds. The van der Waals surface area contributed by atoms with Gasteiger partial charge >= 0.3 is 0 Å². The van der Waals surface area contributed by atoms with Gasteiger partial charge in [0.1, 0.15) is 5.69 Å². The summed E-state index contributed by atoms with van der Waals surface area (Å²) in [5, 5.41) is 2.50. The summed E-state index contributed by atoms with van der Waals surface area (Å²) >= 11 is 3.25. The molecular weight excluding hydrogens is 454 g/mol. The van der Waals surface area contributed by atoms with Gasteiger partial charge in [0, 0.05) is 30.3 Å². The quantitative estimate of drug-likeness (QED) is 0.485. The molecule has 2 aromatic rings. The number of carbonyl (C=O) groups excluding carboxylic acids is 3. The number of amides is 3. The number of aryl methyl sites for hydroxylation is 1. The van der Waals surface area contributed by atoms with Gasteiger partial charge in [-0.3, -0.25) is 30.0 Å². The lowest BCUT2D eigenvalue weighted by molar-refractivity contribution is -0.114. The molecule has 0 aliphatic rings. The maximum absolute atomic E-state index is 12.5. The topological polar surface area (TPSA) is 138 Å². The number of hydrogen-bond acceptors (Lipinski definition) is 5. The molecule has 150 valence electrons. The van der Waals surface area contributed by atoms with Gasteiger partial charge in [0.05, 0.1) is 17.5 Å². The highest BCUT2D eigenvalue weighted by Crippen LogP contribution is 2.22. The van der Waals surface area contributed by atoms with Crippen LogP contribution in [0.4, 0.5) is 11.4 Å².